The van der Waals surface area contributed by atoms with Gasteiger partial charge < -0.3 is 10.4 Å². The van der Waals surface area contributed by atoms with Crippen molar-refractivity contribution in [3.05, 3.63) is 29.6 Å². The Balaban J connectivity index is 1.86. The molecule has 1 heterocycles. The molecule has 0 aliphatic heterocycles. The van der Waals surface area contributed by atoms with Crippen molar-refractivity contribution in [2.24, 2.45) is 0 Å². The van der Waals surface area contributed by atoms with E-state index in [1.165, 1.54) is 6.07 Å². The highest BCUT2D eigenvalue weighted by molar-refractivity contribution is 5.85. The standard InChI is InChI=1S/C13H17N3O3/c1-16(8-12(17)15-9-5-6-9)7-10-3-2-4-11(14-10)13(18)19/h2-4,9H,5-8H2,1H3,(H,15,17)(H,18,19). The van der Waals surface area contributed by atoms with Crippen molar-refractivity contribution in [1.82, 2.24) is 15.2 Å². The Kier molecular flexibility index (Phi) is 4.11. The summed E-state index contributed by atoms with van der Waals surface area (Å²) < 4.78 is 0. The number of nitrogens with one attached hydrogen (secondary N) is 1. The minimum absolute atomic E-state index is 0.000566. The molecule has 1 amide bonds. The number of carbonyl (C=O) groups excluding carboxylic acids is 1. The van der Waals surface area contributed by atoms with E-state index in [0.29, 0.717) is 18.3 Å². The van der Waals surface area contributed by atoms with Crippen LogP contribution in [0.1, 0.15) is 29.0 Å². The number of likely N-dealkylation sites (N-methyl/N-ethyl adjacent to an activating group) is 1. The van der Waals surface area contributed by atoms with E-state index in [1.54, 1.807) is 12.1 Å². The Hall–Kier alpha value is -1.95. The van der Waals surface area contributed by atoms with Crippen LogP contribution in [0.3, 0.4) is 0 Å². The first-order valence-electron chi connectivity index (χ1n) is 6.22. The highest BCUT2D eigenvalue weighted by atomic mass is 16.4. The first-order chi connectivity index (χ1) is 9.04. The van der Waals surface area contributed by atoms with E-state index >= 15 is 0 Å². The lowest BCUT2D eigenvalue weighted by Crippen LogP contribution is -2.36. The van der Waals surface area contributed by atoms with Gasteiger partial charge in [-0.25, -0.2) is 9.78 Å². The van der Waals surface area contributed by atoms with Crippen LogP contribution in [0.25, 0.3) is 0 Å². The number of nitrogens with zero attached hydrogens (tertiary/aromatic N) is 2. The smallest absolute Gasteiger partial charge is 0.354 e. The zero-order valence-electron chi connectivity index (χ0n) is 10.8. The van der Waals surface area contributed by atoms with Crippen LogP contribution in [-0.2, 0) is 11.3 Å². The van der Waals surface area contributed by atoms with Gasteiger partial charge in [-0.1, -0.05) is 6.07 Å². The third-order valence-electron chi connectivity index (χ3n) is 2.81. The van der Waals surface area contributed by atoms with Gasteiger partial charge in [0.2, 0.25) is 5.91 Å². The number of pyridine rings is 1. The van der Waals surface area contributed by atoms with Crippen molar-refractivity contribution >= 4 is 11.9 Å². The van der Waals surface area contributed by atoms with Crippen LogP contribution in [0.4, 0.5) is 0 Å². The molecule has 0 aromatic carbocycles. The molecule has 1 aliphatic carbocycles. The summed E-state index contributed by atoms with van der Waals surface area (Å²) in [5.41, 5.74) is 0.662. The first kappa shape index (κ1) is 13.5. The molecule has 6 nitrogen and oxygen atoms in total. The topological polar surface area (TPSA) is 82.5 Å². The molecule has 0 bridgehead atoms. The molecule has 0 atom stereocenters. The average Bonchev–Trinajstić information content (AvgIpc) is 3.12. The number of carboxylic acids is 1. The normalized spacial score (nSPS) is 14.4. The third kappa shape index (κ3) is 4.33. The largest absolute Gasteiger partial charge is 0.477 e. The predicted molar refractivity (Wildman–Crippen MR) is 68.7 cm³/mol. The van der Waals surface area contributed by atoms with Gasteiger partial charge in [0, 0.05) is 12.6 Å². The van der Waals surface area contributed by atoms with E-state index in [2.05, 4.69) is 10.3 Å². The lowest BCUT2D eigenvalue weighted by Gasteiger charge is -2.15. The number of hydrogen-bond acceptors (Lipinski definition) is 4. The molecule has 102 valence electrons. The van der Waals surface area contributed by atoms with Gasteiger partial charge in [-0.05, 0) is 32.0 Å². The quantitative estimate of drug-likeness (QED) is 0.780. The number of aromatic carboxylic acids is 1. The number of hydrogen-bond donors (Lipinski definition) is 2. The number of amides is 1. The molecule has 1 aromatic heterocycles. The van der Waals surface area contributed by atoms with Gasteiger partial charge in [-0.2, -0.15) is 0 Å². The summed E-state index contributed by atoms with van der Waals surface area (Å²) in [5.74, 6) is -1.05. The average molecular weight is 263 g/mol. The van der Waals surface area contributed by atoms with Crippen molar-refractivity contribution < 1.29 is 14.7 Å². The van der Waals surface area contributed by atoms with Crippen molar-refractivity contribution in [3.8, 4) is 0 Å². The Labute approximate surface area is 111 Å². The summed E-state index contributed by atoms with van der Waals surface area (Å²) in [6.45, 7) is 0.731. The molecule has 1 aliphatic rings. The Bertz CT molecular complexity index is 486. The monoisotopic (exact) mass is 263 g/mol. The molecule has 2 rings (SSSR count). The van der Waals surface area contributed by atoms with Gasteiger partial charge in [0.1, 0.15) is 5.69 Å². The fourth-order valence-corrected chi connectivity index (χ4v) is 1.77. The number of carbonyl (C=O) groups is 2. The van der Waals surface area contributed by atoms with Crippen molar-refractivity contribution in [3.63, 3.8) is 0 Å². The maximum absolute atomic E-state index is 11.6. The maximum atomic E-state index is 11.6. The maximum Gasteiger partial charge on any atom is 0.354 e. The Morgan fingerprint density at radius 1 is 1.47 bits per heavy atom. The van der Waals surface area contributed by atoms with Crippen LogP contribution < -0.4 is 5.32 Å². The van der Waals surface area contributed by atoms with Crippen LogP contribution in [0.5, 0.6) is 0 Å². The summed E-state index contributed by atoms with van der Waals surface area (Å²) in [4.78, 5) is 28.2. The summed E-state index contributed by atoms with van der Waals surface area (Å²) >= 11 is 0. The Morgan fingerprint density at radius 3 is 2.84 bits per heavy atom. The third-order valence-corrected chi connectivity index (χ3v) is 2.81. The highest BCUT2D eigenvalue weighted by Gasteiger charge is 2.23. The second-order valence-electron chi connectivity index (χ2n) is 4.83. The Morgan fingerprint density at radius 2 is 2.21 bits per heavy atom. The highest BCUT2D eigenvalue weighted by Crippen LogP contribution is 2.18. The fourth-order valence-electron chi connectivity index (χ4n) is 1.77. The fraction of sp³-hybridized carbons (Fsp3) is 0.462. The van der Waals surface area contributed by atoms with Crippen molar-refractivity contribution in [2.45, 2.75) is 25.4 Å². The molecule has 1 saturated carbocycles. The molecule has 1 fully saturated rings. The molecule has 19 heavy (non-hydrogen) atoms. The van der Waals surface area contributed by atoms with Gasteiger partial charge >= 0.3 is 5.97 Å². The molecule has 2 N–H and O–H groups in total. The zero-order valence-corrected chi connectivity index (χ0v) is 10.8. The molecule has 0 unspecified atom stereocenters. The van der Waals surface area contributed by atoms with Crippen LogP contribution >= 0.6 is 0 Å². The van der Waals surface area contributed by atoms with Crippen LogP contribution in [0.2, 0.25) is 0 Å². The van der Waals surface area contributed by atoms with E-state index in [0.717, 1.165) is 12.8 Å². The van der Waals surface area contributed by atoms with E-state index in [1.807, 2.05) is 11.9 Å². The minimum Gasteiger partial charge on any atom is -0.477 e. The van der Waals surface area contributed by atoms with Crippen molar-refractivity contribution in [2.75, 3.05) is 13.6 Å². The van der Waals surface area contributed by atoms with Crippen molar-refractivity contribution in [1.29, 1.82) is 0 Å². The summed E-state index contributed by atoms with van der Waals surface area (Å²) in [5, 5.41) is 11.8. The number of rotatable bonds is 6. The second kappa shape index (κ2) is 5.79. The van der Waals surface area contributed by atoms with Gasteiger partial charge in [-0.3, -0.25) is 9.69 Å². The molecule has 1 aromatic rings. The summed E-state index contributed by atoms with van der Waals surface area (Å²) in [6.07, 6.45) is 2.13. The molecule has 0 spiro atoms. The van der Waals surface area contributed by atoms with E-state index in [4.69, 9.17) is 5.11 Å². The predicted octanol–water partition coefficient (Wildman–Crippen LogP) is 0.490. The second-order valence-corrected chi connectivity index (χ2v) is 4.83. The molecular formula is C13H17N3O3. The van der Waals surface area contributed by atoms with E-state index < -0.39 is 5.97 Å². The molecule has 0 radical (unpaired) electrons. The lowest BCUT2D eigenvalue weighted by atomic mass is 10.3. The zero-order chi connectivity index (χ0) is 13.8. The molecular weight excluding hydrogens is 246 g/mol. The summed E-state index contributed by atoms with van der Waals surface area (Å²) in [7, 11) is 1.81. The lowest BCUT2D eigenvalue weighted by molar-refractivity contribution is -0.122. The molecule has 6 heteroatoms. The SMILES string of the molecule is CN(CC(=O)NC1CC1)Cc1cccc(C(=O)O)n1. The first-order valence-corrected chi connectivity index (χ1v) is 6.22. The number of carboxylic acid groups (broad SMARTS) is 1. The summed E-state index contributed by atoms with van der Waals surface area (Å²) in [6, 6.07) is 5.21. The minimum atomic E-state index is -1.05. The van der Waals surface area contributed by atoms with Crippen LogP contribution in [0, 0.1) is 0 Å². The number of aromatic nitrogens is 1. The van der Waals surface area contributed by atoms with Gasteiger partial charge in [-0.15, -0.1) is 0 Å². The van der Waals surface area contributed by atoms with Crippen LogP contribution in [0.15, 0.2) is 18.2 Å². The van der Waals surface area contributed by atoms with Gasteiger partial charge in [0.05, 0.1) is 12.2 Å². The van der Waals surface area contributed by atoms with Crippen LogP contribution in [-0.4, -0.2) is 46.5 Å². The van der Waals surface area contributed by atoms with E-state index in [-0.39, 0.29) is 18.1 Å². The molecule has 0 saturated heterocycles. The van der Waals surface area contributed by atoms with Gasteiger partial charge in [0.15, 0.2) is 0 Å². The van der Waals surface area contributed by atoms with Gasteiger partial charge in [0.25, 0.3) is 0 Å². The van der Waals surface area contributed by atoms with E-state index in [9.17, 15) is 9.59 Å².